The third kappa shape index (κ3) is 6.87. The highest BCUT2D eigenvalue weighted by Crippen LogP contribution is 2.23. The zero-order valence-electron chi connectivity index (χ0n) is 21.2. The summed E-state index contributed by atoms with van der Waals surface area (Å²) >= 11 is 0. The third-order valence-electron chi connectivity index (χ3n) is 6.42. The number of imidazole rings is 1. The average molecular weight is 500 g/mol. The number of morpholine rings is 1. The van der Waals surface area contributed by atoms with Crippen LogP contribution in [0.5, 0.6) is 11.5 Å². The van der Waals surface area contributed by atoms with Crippen molar-refractivity contribution in [2.45, 2.75) is 13.1 Å². The maximum Gasteiger partial charge on any atom is 0.137 e. The van der Waals surface area contributed by atoms with E-state index < -0.39 is 0 Å². The molecule has 1 aliphatic rings. The molecule has 1 saturated heterocycles. The molecule has 192 valence electrons. The van der Waals surface area contributed by atoms with E-state index in [0.29, 0.717) is 19.7 Å². The van der Waals surface area contributed by atoms with E-state index in [2.05, 4.69) is 51.2 Å². The maximum absolute atomic E-state index is 5.98. The van der Waals surface area contributed by atoms with Crippen LogP contribution in [0.15, 0.2) is 85.6 Å². The molecule has 0 radical (unpaired) electrons. The molecule has 0 spiro atoms. The van der Waals surface area contributed by atoms with Crippen LogP contribution >= 0.6 is 0 Å². The van der Waals surface area contributed by atoms with Crippen LogP contribution in [0.4, 0.5) is 5.82 Å². The number of rotatable bonds is 11. The summed E-state index contributed by atoms with van der Waals surface area (Å²) in [4.78, 5) is 13.6. The first-order chi connectivity index (χ1) is 18.3. The first-order valence-electron chi connectivity index (χ1n) is 12.6. The molecule has 0 aliphatic carbocycles. The largest absolute Gasteiger partial charge is 0.497 e. The molecule has 8 heteroatoms. The molecule has 0 unspecified atom stereocenters. The van der Waals surface area contributed by atoms with E-state index in [4.69, 9.17) is 19.2 Å². The highest BCUT2D eigenvalue weighted by Gasteiger charge is 2.13. The van der Waals surface area contributed by atoms with Crippen molar-refractivity contribution in [1.82, 2.24) is 19.4 Å². The normalized spacial score (nSPS) is 13.9. The van der Waals surface area contributed by atoms with Crippen LogP contribution in [0.1, 0.15) is 11.1 Å². The van der Waals surface area contributed by atoms with Crippen molar-refractivity contribution in [2.24, 2.45) is 0 Å². The van der Waals surface area contributed by atoms with E-state index in [9.17, 15) is 0 Å². The first kappa shape index (κ1) is 24.8. The van der Waals surface area contributed by atoms with Gasteiger partial charge in [-0.05, 0) is 47.5 Å². The van der Waals surface area contributed by atoms with Crippen molar-refractivity contribution in [3.05, 3.63) is 96.7 Å². The number of methoxy groups -OCH3 is 1. The van der Waals surface area contributed by atoms with Gasteiger partial charge in [0.2, 0.25) is 0 Å². The Kier molecular flexibility index (Phi) is 8.30. The Morgan fingerprint density at radius 1 is 0.946 bits per heavy atom. The summed E-state index contributed by atoms with van der Waals surface area (Å²) in [5.74, 6) is 2.51. The summed E-state index contributed by atoms with van der Waals surface area (Å²) in [6, 6.07) is 20.7. The second-order valence-corrected chi connectivity index (χ2v) is 9.00. The summed E-state index contributed by atoms with van der Waals surface area (Å²) in [7, 11) is 1.69. The minimum Gasteiger partial charge on any atom is -0.497 e. The lowest BCUT2D eigenvalue weighted by Gasteiger charge is -2.26. The molecule has 0 saturated carbocycles. The second kappa shape index (κ2) is 12.4. The van der Waals surface area contributed by atoms with Gasteiger partial charge in [-0.2, -0.15) is 0 Å². The molecule has 0 N–H and O–H groups in total. The SMILES string of the molecule is COc1cccc(CN(Cc2cccc(-n3ccnc3)c2)c2ccc(OCCN3CCOCC3)cn2)c1. The summed E-state index contributed by atoms with van der Waals surface area (Å²) in [6.07, 6.45) is 7.37. The number of nitrogens with zero attached hydrogens (tertiary/aromatic N) is 5. The van der Waals surface area contributed by atoms with Crippen LogP contribution in [-0.2, 0) is 17.8 Å². The number of hydrogen-bond donors (Lipinski definition) is 0. The zero-order valence-corrected chi connectivity index (χ0v) is 21.2. The van der Waals surface area contributed by atoms with Gasteiger partial charge in [0.15, 0.2) is 0 Å². The van der Waals surface area contributed by atoms with E-state index in [1.807, 2.05) is 47.6 Å². The third-order valence-corrected chi connectivity index (χ3v) is 6.42. The zero-order chi connectivity index (χ0) is 25.3. The van der Waals surface area contributed by atoms with E-state index in [-0.39, 0.29) is 0 Å². The molecule has 8 nitrogen and oxygen atoms in total. The van der Waals surface area contributed by atoms with Gasteiger partial charge in [-0.25, -0.2) is 9.97 Å². The molecule has 0 atom stereocenters. The van der Waals surface area contributed by atoms with Crippen LogP contribution in [0.2, 0.25) is 0 Å². The summed E-state index contributed by atoms with van der Waals surface area (Å²) in [5, 5.41) is 0. The molecule has 37 heavy (non-hydrogen) atoms. The van der Waals surface area contributed by atoms with E-state index in [0.717, 1.165) is 61.4 Å². The van der Waals surface area contributed by atoms with Crippen LogP contribution in [0, 0.1) is 0 Å². The predicted molar refractivity (Wildman–Crippen MR) is 143 cm³/mol. The first-order valence-corrected chi connectivity index (χ1v) is 12.6. The van der Waals surface area contributed by atoms with E-state index >= 15 is 0 Å². The lowest BCUT2D eigenvalue weighted by atomic mass is 10.1. The van der Waals surface area contributed by atoms with Crippen LogP contribution in [0.3, 0.4) is 0 Å². The van der Waals surface area contributed by atoms with Gasteiger partial charge >= 0.3 is 0 Å². The van der Waals surface area contributed by atoms with Crippen molar-refractivity contribution >= 4 is 5.82 Å². The highest BCUT2D eigenvalue weighted by atomic mass is 16.5. The van der Waals surface area contributed by atoms with Crippen LogP contribution in [0.25, 0.3) is 5.69 Å². The molecule has 4 aromatic rings. The number of aromatic nitrogens is 3. The summed E-state index contributed by atoms with van der Waals surface area (Å²) in [6.45, 7) is 6.43. The van der Waals surface area contributed by atoms with Gasteiger partial charge in [-0.3, -0.25) is 4.90 Å². The number of ether oxygens (including phenoxy) is 3. The number of benzene rings is 2. The van der Waals surface area contributed by atoms with Gasteiger partial charge in [-0.15, -0.1) is 0 Å². The van der Waals surface area contributed by atoms with Gasteiger partial charge in [0.25, 0.3) is 0 Å². The fraction of sp³-hybridized carbons (Fsp3) is 0.310. The topological polar surface area (TPSA) is 64.9 Å². The van der Waals surface area contributed by atoms with Gasteiger partial charge in [0, 0.05) is 50.8 Å². The monoisotopic (exact) mass is 499 g/mol. The molecule has 1 aliphatic heterocycles. The molecule has 0 amide bonds. The average Bonchev–Trinajstić information content (AvgIpc) is 3.49. The Balaban J connectivity index is 1.31. The number of pyridine rings is 1. The van der Waals surface area contributed by atoms with Crippen molar-refractivity contribution < 1.29 is 14.2 Å². The van der Waals surface area contributed by atoms with Crippen LogP contribution in [-0.4, -0.2) is 66.0 Å². The summed E-state index contributed by atoms with van der Waals surface area (Å²) < 4.78 is 18.8. The summed E-state index contributed by atoms with van der Waals surface area (Å²) in [5.41, 5.74) is 3.41. The molecule has 2 aromatic heterocycles. The standard InChI is InChI=1S/C29H33N5O3/c1-35-27-7-3-5-25(19-27)22-34(21-24-4-2-6-26(18-24)33-11-10-30-23-33)29-9-8-28(20-31-29)37-17-14-32-12-15-36-16-13-32/h2-11,18-20,23H,12-17,21-22H2,1H3. The minimum absolute atomic E-state index is 0.635. The predicted octanol–water partition coefficient (Wildman–Crippen LogP) is 4.19. The number of anilines is 1. The minimum atomic E-state index is 0.635. The van der Waals surface area contributed by atoms with E-state index in [1.165, 1.54) is 5.56 Å². The van der Waals surface area contributed by atoms with Crippen molar-refractivity contribution in [2.75, 3.05) is 51.5 Å². The maximum atomic E-state index is 5.98. The fourth-order valence-electron chi connectivity index (χ4n) is 4.42. The Morgan fingerprint density at radius 2 is 1.76 bits per heavy atom. The Morgan fingerprint density at radius 3 is 2.49 bits per heavy atom. The molecule has 0 bridgehead atoms. The quantitative estimate of drug-likeness (QED) is 0.307. The lowest BCUT2D eigenvalue weighted by Crippen LogP contribution is -2.38. The molecule has 2 aromatic carbocycles. The Bertz CT molecular complexity index is 1240. The van der Waals surface area contributed by atoms with Crippen molar-refractivity contribution in [3.63, 3.8) is 0 Å². The fourth-order valence-corrected chi connectivity index (χ4v) is 4.42. The smallest absolute Gasteiger partial charge is 0.137 e. The molecule has 3 heterocycles. The van der Waals surface area contributed by atoms with Crippen LogP contribution < -0.4 is 14.4 Å². The van der Waals surface area contributed by atoms with Gasteiger partial charge in [-0.1, -0.05) is 24.3 Å². The molecular weight excluding hydrogens is 466 g/mol. The molecular formula is C29H33N5O3. The van der Waals surface area contributed by atoms with Gasteiger partial charge < -0.3 is 23.7 Å². The van der Waals surface area contributed by atoms with Gasteiger partial charge in [0.05, 0.1) is 32.8 Å². The number of hydrogen-bond acceptors (Lipinski definition) is 7. The van der Waals surface area contributed by atoms with Crippen molar-refractivity contribution in [3.8, 4) is 17.2 Å². The Hall–Kier alpha value is -3.88. The van der Waals surface area contributed by atoms with Crippen molar-refractivity contribution in [1.29, 1.82) is 0 Å². The van der Waals surface area contributed by atoms with E-state index in [1.54, 1.807) is 13.3 Å². The van der Waals surface area contributed by atoms with Gasteiger partial charge in [0.1, 0.15) is 23.9 Å². The molecule has 5 rings (SSSR count). The second-order valence-electron chi connectivity index (χ2n) is 9.00. The Labute approximate surface area is 218 Å². The highest BCUT2D eigenvalue weighted by molar-refractivity contribution is 5.45. The lowest BCUT2D eigenvalue weighted by molar-refractivity contribution is 0.0322. The molecule has 1 fully saturated rings.